The second kappa shape index (κ2) is 8.16. The number of phenolic OH excluding ortho intramolecular Hbond substituents is 1. The summed E-state index contributed by atoms with van der Waals surface area (Å²) in [5.41, 5.74) is 8.08. The van der Waals surface area contributed by atoms with Crippen molar-refractivity contribution in [3.05, 3.63) is 41.6 Å². The molecule has 1 fully saturated rings. The number of aryl methyl sites for hydroxylation is 1. The van der Waals surface area contributed by atoms with Gasteiger partial charge in [0, 0.05) is 37.4 Å². The fourth-order valence-corrected chi connectivity index (χ4v) is 3.28. The van der Waals surface area contributed by atoms with Crippen LogP contribution in [-0.4, -0.2) is 34.2 Å². The molecule has 2 heterocycles. The summed E-state index contributed by atoms with van der Waals surface area (Å²) < 4.78 is 0. The Labute approximate surface area is 149 Å². The van der Waals surface area contributed by atoms with Gasteiger partial charge in [0.25, 0.3) is 0 Å². The van der Waals surface area contributed by atoms with Crippen LogP contribution in [0.5, 0.6) is 5.75 Å². The number of nitrogens with zero attached hydrogens (tertiary/aromatic N) is 3. The highest BCUT2D eigenvalue weighted by Gasteiger charge is 2.21. The van der Waals surface area contributed by atoms with Crippen LogP contribution in [-0.2, 0) is 13.0 Å². The zero-order valence-electron chi connectivity index (χ0n) is 14.8. The minimum atomic E-state index is 0.303. The number of hydrogen-bond donors (Lipinski definition) is 3. The van der Waals surface area contributed by atoms with Gasteiger partial charge >= 0.3 is 0 Å². The van der Waals surface area contributed by atoms with Crippen molar-refractivity contribution in [1.82, 2.24) is 15.3 Å². The second-order valence-electron chi connectivity index (χ2n) is 6.66. The summed E-state index contributed by atoms with van der Waals surface area (Å²) in [4.78, 5) is 11.1. The molecule has 1 aliphatic rings. The van der Waals surface area contributed by atoms with Crippen LogP contribution < -0.4 is 16.0 Å². The highest BCUT2D eigenvalue weighted by Crippen LogP contribution is 2.20. The van der Waals surface area contributed by atoms with E-state index in [1.165, 1.54) is 5.56 Å². The van der Waals surface area contributed by atoms with Crippen molar-refractivity contribution in [3.8, 4) is 5.75 Å². The maximum absolute atomic E-state index is 9.37. The van der Waals surface area contributed by atoms with Crippen LogP contribution >= 0.6 is 0 Å². The minimum absolute atomic E-state index is 0.303. The molecular weight excluding hydrogens is 314 g/mol. The van der Waals surface area contributed by atoms with Crippen molar-refractivity contribution in [2.75, 3.05) is 23.7 Å². The Bertz CT molecular complexity index is 689. The molecule has 0 spiro atoms. The predicted molar refractivity (Wildman–Crippen MR) is 101 cm³/mol. The molecule has 6 heteroatoms. The normalized spacial score (nSPS) is 17.6. The summed E-state index contributed by atoms with van der Waals surface area (Å²) in [5, 5.41) is 13.0. The average molecular weight is 341 g/mol. The lowest BCUT2D eigenvalue weighted by Crippen LogP contribution is -2.45. The van der Waals surface area contributed by atoms with Crippen LogP contribution in [0.15, 0.2) is 30.3 Å². The lowest BCUT2D eigenvalue weighted by molar-refractivity contribution is 0.419. The van der Waals surface area contributed by atoms with Gasteiger partial charge in [0.05, 0.1) is 0 Å². The molecule has 1 saturated heterocycles. The first-order valence-electron chi connectivity index (χ1n) is 9.03. The molecule has 0 bridgehead atoms. The molecule has 4 N–H and O–H groups in total. The van der Waals surface area contributed by atoms with Crippen LogP contribution in [0.3, 0.4) is 0 Å². The van der Waals surface area contributed by atoms with Crippen molar-refractivity contribution in [1.29, 1.82) is 0 Å². The van der Waals surface area contributed by atoms with Crippen LogP contribution in [0.25, 0.3) is 0 Å². The zero-order valence-corrected chi connectivity index (χ0v) is 14.8. The van der Waals surface area contributed by atoms with E-state index in [1.807, 2.05) is 12.1 Å². The van der Waals surface area contributed by atoms with Gasteiger partial charge in [0.15, 0.2) is 0 Å². The third kappa shape index (κ3) is 4.82. The summed E-state index contributed by atoms with van der Waals surface area (Å²) in [7, 11) is 0. The molecule has 25 heavy (non-hydrogen) atoms. The fraction of sp³-hybridized carbons (Fsp3) is 0.474. The quantitative estimate of drug-likeness (QED) is 0.748. The number of aromatic hydroxyl groups is 1. The van der Waals surface area contributed by atoms with Gasteiger partial charge < -0.3 is 21.1 Å². The van der Waals surface area contributed by atoms with Crippen LogP contribution in [0.4, 0.5) is 11.8 Å². The average Bonchev–Trinajstić information content (AvgIpc) is 2.61. The Balaban J connectivity index is 1.61. The molecule has 1 unspecified atom stereocenters. The number of phenols is 1. The summed E-state index contributed by atoms with van der Waals surface area (Å²) in [5.74, 6) is 1.60. The van der Waals surface area contributed by atoms with Crippen molar-refractivity contribution in [2.24, 2.45) is 0 Å². The molecule has 6 nitrogen and oxygen atoms in total. The molecule has 1 atom stereocenters. The van der Waals surface area contributed by atoms with Gasteiger partial charge in [-0.1, -0.05) is 25.5 Å². The number of rotatable bonds is 6. The van der Waals surface area contributed by atoms with Crippen LogP contribution in [0.1, 0.15) is 37.4 Å². The highest BCUT2D eigenvalue weighted by atomic mass is 16.3. The maximum atomic E-state index is 9.37. The first-order chi connectivity index (χ1) is 12.1. The van der Waals surface area contributed by atoms with E-state index in [4.69, 9.17) is 5.73 Å². The molecular formula is C19H27N5O. The Morgan fingerprint density at radius 1 is 1.28 bits per heavy atom. The van der Waals surface area contributed by atoms with E-state index in [0.29, 0.717) is 17.7 Å². The monoisotopic (exact) mass is 341 g/mol. The van der Waals surface area contributed by atoms with Crippen LogP contribution in [0.2, 0.25) is 0 Å². The zero-order chi connectivity index (χ0) is 17.6. The van der Waals surface area contributed by atoms with E-state index < -0.39 is 0 Å². The number of nitrogen functional groups attached to an aromatic ring is 1. The Morgan fingerprint density at radius 2 is 2.08 bits per heavy atom. The lowest BCUT2D eigenvalue weighted by Gasteiger charge is -2.34. The van der Waals surface area contributed by atoms with Gasteiger partial charge in [-0.3, -0.25) is 0 Å². The molecule has 0 saturated carbocycles. The molecule has 3 rings (SSSR count). The molecule has 1 aromatic carbocycles. The molecule has 2 aromatic rings. The predicted octanol–water partition coefficient (Wildman–Crippen LogP) is 2.48. The fourth-order valence-electron chi connectivity index (χ4n) is 3.28. The highest BCUT2D eigenvalue weighted by molar-refractivity contribution is 5.44. The Morgan fingerprint density at radius 3 is 2.84 bits per heavy atom. The van der Waals surface area contributed by atoms with E-state index in [9.17, 15) is 5.11 Å². The molecule has 134 valence electrons. The first-order valence-corrected chi connectivity index (χ1v) is 9.03. The van der Waals surface area contributed by atoms with Gasteiger partial charge in [-0.2, -0.15) is 4.98 Å². The van der Waals surface area contributed by atoms with E-state index in [1.54, 1.807) is 12.1 Å². The van der Waals surface area contributed by atoms with Gasteiger partial charge in [-0.05, 0) is 37.0 Å². The molecule has 0 aliphatic carbocycles. The Hall–Kier alpha value is -2.34. The molecule has 0 amide bonds. The largest absolute Gasteiger partial charge is 0.508 e. The lowest BCUT2D eigenvalue weighted by atomic mass is 10.0. The van der Waals surface area contributed by atoms with Crippen molar-refractivity contribution in [3.63, 3.8) is 0 Å². The van der Waals surface area contributed by atoms with Gasteiger partial charge in [0.2, 0.25) is 5.95 Å². The standard InChI is InChI=1S/C19H27N5O/c1-2-4-15-11-18(23-19(20)22-15)24-10-3-5-16(13-24)21-12-14-6-8-17(25)9-7-14/h6-9,11,16,21,25H,2-5,10,12-13H2,1H3,(H2,20,22,23). The number of aromatic nitrogens is 2. The van der Waals surface area contributed by atoms with Crippen molar-refractivity contribution >= 4 is 11.8 Å². The van der Waals surface area contributed by atoms with E-state index in [0.717, 1.165) is 56.8 Å². The van der Waals surface area contributed by atoms with Crippen LogP contribution in [0, 0.1) is 0 Å². The topological polar surface area (TPSA) is 87.3 Å². The Kier molecular flexibility index (Phi) is 5.71. The van der Waals surface area contributed by atoms with Crippen molar-refractivity contribution < 1.29 is 5.11 Å². The number of nitrogens with one attached hydrogen (secondary N) is 1. The third-order valence-corrected chi connectivity index (χ3v) is 4.57. The number of hydrogen-bond acceptors (Lipinski definition) is 6. The maximum Gasteiger partial charge on any atom is 0.222 e. The summed E-state index contributed by atoms with van der Waals surface area (Å²) in [6.07, 6.45) is 4.25. The molecule has 1 aliphatic heterocycles. The number of nitrogens with two attached hydrogens (primary N) is 1. The molecule has 0 radical (unpaired) electrons. The molecule has 1 aromatic heterocycles. The van der Waals surface area contributed by atoms with Gasteiger partial charge in [-0.15, -0.1) is 0 Å². The summed E-state index contributed by atoms with van der Waals surface area (Å²) >= 11 is 0. The summed E-state index contributed by atoms with van der Waals surface area (Å²) in [6, 6.07) is 9.83. The van der Waals surface area contributed by atoms with E-state index >= 15 is 0 Å². The number of benzene rings is 1. The SMILES string of the molecule is CCCc1cc(N2CCCC(NCc3ccc(O)cc3)C2)nc(N)n1. The van der Waals surface area contributed by atoms with Crippen molar-refractivity contribution in [2.45, 2.75) is 45.2 Å². The summed E-state index contributed by atoms with van der Waals surface area (Å²) in [6.45, 7) is 4.85. The second-order valence-corrected chi connectivity index (χ2v) is 6.66. The van der Waals surface area contributed by atoms with Gasteiger partial charge in [0.1, 0.15) is 11.6 Å². The minimum Gasteiger partial charge on any atom is -0.508 e. The van der Waals surface area contributed by atoms with E-state index in [2.05, 4.69) is 33.2 Å². The number of piperidine rings is 1. The first kappa shape index (κ1) is 17.5. The van der Waals surface area contributed by atoms with E-state index in [-0.39, 0.29) is 0 Å². The smallest absolute Gasteiger partial charge is 0.222 e. The van der Waals surface area contributed by atoms with Gasteiger partial charge in [-0.25, -0.2) is 4.98 Å². The number of anilines is 2. The third-order valence-electron chi connectivity index (χ3n) is 4.57.